The summed E-state index contributed by atoms with van der Waals surface area (Å²) in [6.45, 7) is 2.16. The molecule has 1 aliphatic heterocycles. The standard InChI is InChI=1S/C23H22F2N8O4S2/c1-32-6-7-36-9-13(32)10-37-20-17-15-3-2-14(39(34,35)31-23(11-26)4-5-23)8-16(15)33(19(17)27-12-28-20)22-30-29-21(38-22)18(24)25/h2-3,8,12-13,18,31H,4-7,9-10H2,1H3. The van der Waals surface area contributed by atoms with Crippen LogP contribution < -0.4 is 9.46 Å². The van der Waals surface area contributed by atoms with Crippen LogP contribution in [0.4, 0.5) is 8.78 Å². The van der Waals surface area contributed by atoms with Crippen molar-refractivity contribution in [1.29, 1.82) is 5.26 Å². The normalized spacial score (nSPS) is 19.5. The van der Waals surface area contributed by atoms with Crippen LogP contribution in [0.25, 0.3) is 27.1 Å². The van der Waals surface area contributed by atoms with Gasteiger partial charge in [0, 0.05) is 11.9 Å². The number of halogens is 2. The summed E-state index contributed by atoms with van der Waals surface area (Å²) in [6, 6.07) is 6.38. The zero-order valence-electron chi connectivity index (χ0n) is 20.5. The van der Waals surface area contributed by atoms with E-state index in [0.29, 0.717) is 59.3 Å². The van der Waals surface area contributed by atoms with Gasteiger partial charge in [0.05, 0.1) is 41.1 Å². The van der Waals surface area contributed by atoms with Crippen LogP contribution in [-0.2, 0) is 14.8 Å². The van der Waals surface area contributed by atoms with Crippen molar-refractivity contribution < 1.29 is 26.7 Å². The number of nitrogens with zero attached hydrogens (tertiary/aromatic N) is 7. The van der Waals surface area contributed by atoms with Gasteiger partial charge in [0.15, 0.2) is 10.7 Å². The number of fused-ring (bicyclic) bond motifs is 3. The minimum Gasteiger partial charge on any atom is -0.475 e. The maximum atomic E-state index is 13.4. The molecule has 4 heterocycles. The number of rotatable bonds is 8. The van der Waals surface area contributed by atoms with Crippen molar-refractivity contribution in [2.45, 2.75) is 35.7 Å². The molecule has 1 unspecified atom stereocenters. The van der Waals surface area contributed by atoms with Gasteiger partial charge in [-0.3, -0.25) is 9.47 Å². The molecular formula is C23H22F2N8O4S2. The van der Waals surface area contributed by atoms with E-state index in [2.05, 4.69) is 29.8 Å². The third-order valence-corrected chi connectivity index (χ3v) is 9.28. The third kappa shape index (κ3) is 4.70. The number of morpholine rings is 1. The van der Waals surface area contributed by atoms with Gasteiger partial charge in [0.1, 0.15) is 18.5 Å². The van der Waals surface area contributed by atoms with Crippen molar-refractivity contribution in [3.63, 3.8) is 0 Å². The summed E-state index contributed by atoms with van der Waals surface area (Å²) >= 11 is 0.666. The van der Waals surface area contributed by atoms with E-state index >= 15 is 0 Å². The van der Waals surface area contributed by atoms with E-state index in [1.807, 2.05) is 13.1 Å². The number of nitriles is 1. The van der Waals surface area contributed by atoms with Crippen LogP contribution in [0.2, 0.25) is 0 Å². The van der Waals surface area contributed by atoms with E-state index in [9.17, 15) is 22.5 Å². The second-order valence-electron chi connectivity index (χ2n) is 9.44. The zero-order valence-corrected chi connectivity index (χ0v) is 22.2. The lowest BCUT2D eigenvalue weighted by Crippen LogP contribution is -2.46. The number of aromatic nitrogens is 5. The van der Waals surface area contributed by atoms with E-state index in [1.165, 1.54) is 23.0 Å². The Kier molecular flexibility index (Phi) is 6.43. The van der Waals surface area contributed by atoms with Crippen molar-refractivity contribution in [3.05, 3.63) is 29.5 Å². The van der Waals surface area contributed by atoms with Crippen molar-refractivity contribution >= 4 is 43.3 Å². The summed E-state index contributed by atoms with van der Waals surface area (Å²) in [5, 5.41) is 17.5. The van der Waals surface area contributed by atoms with E-state index in [1.54, 1.807) is 6.07 Å². The van der Waals surface area contributed by atoms with Crippen LogP contribution >= 0.6 is 11.3 Å². The molecule has 1 saturated carbocycles. The highest BCUT2D eigenvalue weighted by atomic mass is 32.2. The first-order chi connectivity index (χ1) is 18.7. The predicted molar refractivity (Wildman–Crippen MR) is 135 cm³/mol. The van der Waals surface area contributed by atoms with Gasteiger partial charge in [0.25, 0.3) is 6.43 Å². The van der Waals surface area contributed by atoms with Crippen molar-refractivity contribution in [2.24, 2.45) is 0 Å². The molecule has 1 aliphatic carbocycles. The number of benzene rings is 1. The van der Waals surface area contributed by atoms with Gasteiger partial charge in [-0.2, -0.15) is 9.98 Å². The molecule has 0 radical (unpaired) electrons. The van der Waals surface area contributed by atoms with Gasteiger partial charge in [-0.15, -0.1) is 10.2 Å². The Bertz CT molecular complexity index is 1710. The fourth-order valence-electron chi connectivity index (χ4n) is 4.43. The Labute approximate surface area is 225 Å². The Morgan fingerprint density at radius 2 is 2.15 bits per heavy atom. The highest BCUT2D eigenvalue weighted by Crippen LogP contribution is 2.39. The average molecular weight is 577 g/mol. The molecule has 1 N–H and O–H groups in total. The summed E-state index contributed by atoms with van der Waals surface area (Å²) in [7, 11) is -2.10. The number of sulfonamides is 1. The van der Waals surface area contributed by atoms with Gasteiger partial charge < -0.3 is 9.47 Å². The van der Waals surface area contributed by atoms with Crippen LogP contribution in [0.5, 0.6) is 5.88 Å². The van der Waals surface area contributed by atoms with Gasteiger partial charge >= 0.3 is 0 Å². The fraction of sp³-hybridized carbons (Fsp3) is 0.435. The van der Waals surface area contributed by atoms with Gasteiger partial charge in [-0.05, 0) is 32.0 Å². The molecule has 12 nitrogen and oxygen atoms in total. The maximum Gasteiger partial charge on any atom is 0.291 e. The minimum absolute atomic E-state index is 0.00780. The molecule has 6 rings (SSSR count). The quantitative estimate of drug-likeness (QED) is 0.331. The molecule has 2 fully saturated rings. The van der Waals surface area contributed by atoms with Crippen molar-refractivity contribution in [1.82, 2.24) is 34.4 Å². The first-order valence-corrected chi connectivity index (χ1v) is 14.3. The van der Waals surface area contributed by atoms with Crippen LogP contribution in [0.1, 0.15) is 24.3 Å². The van der Waals surface area contributed by atoms with E-state index < -0.39 is 27.0 Å². The second kappa shape index (κ2) is 9.68. The van der Waals surface area contributed by atoms with Gasteiger partial charge in [-0.1, -0.05) is 17.4 Å². The number of nitrogens with one attached hydrogen (secondary N) is 1. The topological polar surface area (TPSA) is 148 Å². The highest BCUT2D eigenvalue weighted by Gasteiger charge is 2.46. The molecule has 1 aromatic carbocycles. The summed E-state index contributed by atoms with van der Waals surface area (Å²) in [5.41, 5.74) is -0.498. The molecule has 1 saturated heterocycles. The Hall–Kier alpha value is -3.36. The van der Waals surface area contributed by atoms with Crippen LogP contribution in [0, 0.1) is 11.3 Å². The van der Waals surface area contributed by atoms with Crippen molar-refractivity contribution in [3.8, 4) is 17.1 Å². The third-order valence-electron chi connectivity index (χ3n) is 6.83. The highest BCUT2D eigenvalue weighted by molar-refractivity contribution is 7.89. The molecule has 16 heteroatoms. The lowest BCUT2D eigenvalue weighted by atomic mass is 10.2. The minimum atomic E-state index is -4.07. The zero-order chi connectivity index (χ0) is 27.4. The molecule has 204 valence electrons. The number of ether oxygens (including phenoxy) is 2. The monoisotopic (exact) mass is 576 g/mol. The summed E-state index contributed by atoms with van der Waals surface area (Å²) in [4.78, 5) is 10.7. The number of alkyl halides is 2. The first kappa shape index (κ1) is 25.9. The largest absolute Gasteiger partial charge is 0.475 e. The predicted octanol–water partition coefficient (Wildman–Crippen LogP) is 2.41. The Balaban J connectivity index is 1.49. The molecule has 1 atom stereocenters. The van der Waals surface area contributed by atoms with Crippen molar-refractivity contribution in [2.75, 3.05) is 33.4 Å². The number of hydrogen-bond donors (Lipinski definition) is 1. The number of hydrogen-bond acceptors (Lipinski definition) is 11. The van der Waals surface area contributed by atoms with Gasteiger partial charge in [0.2, 0.25) is 21.0 Å². The van der Waals surface area contributed by atoms with E-state index in [0.717, 1.165) is 6.54 Å². The van der Waals surface area contributed by atoms with Gasteiger partial charge in [-0.25, -0.2) is 27.2 Å². The van der Waals surface area contributed by atoms with E-state index in [4.69, 9.17) is 9.47 Å². The van der Waals surface area contributed by atoms with Crippen LogP contribution in [0.15, 0.2) is 29.4 Å². The first-order valence-electron chi connectivity index (χ1n) is 12.0. The fourth-order valence-corrected chi connectivity index (χ4v) is 6.54. The molecule has 3 aromatic heterocycles. The molecule has 0 amide bonds. The molecule has 39 heavy (non-hydrogen) atoms. The molecular weight excluding hydrogens is 554 g/mol. The average Bonchev–Trinajstić information content (AvgIpc) is 3.36. The summed E-state index contributed by atoms with van der Waals surface area (Å²) < 4.78 is 68.6. The SMILES string of the molecule is CN1CCOCC1COc1ncnc2c1c1ccc(S(=O)(=O)NC3(C#N)CC3)cc1n2-c1nnc(C(F)F)s1. The molecule has 0 spiro atoms. The van der Waals surface area contributed by atoms with E-state index in [-0.39, 0.29) is 28.6 Å². The number of likely N-dealkylation sites (N-methyl/N-ethyl adjacent to an activating group) is 1. The summed E-state index contributed by atoms with van der Waals surface area (Å²) in [6.07, 6.45) is -0.700. The molecule has 2 aliphatic rings. The summed E-state index contributed by atoms with van der Waals surface area (Å²) in [5.74, 6) is 0.247. The van der Waals surface area contributed by atoms with Crippen LogP contribution in [0.3, 0.4) is 0 Å². The Morgan fingerprint density at radius 1 is 1.33 bits per heavy atom. The maximum absolute atomic E-state index is 13.4. The lowest BCUT2D eigenvalue weighted by molar-refractivity contribution is -0.0111. The Morgan fingerprint density at radius 3 is 2.85 bits per heavy atom. The molecule has 4 aromatic rings. The second-order valence-corrected chi connectivity index (χ2v) is 12.1. The lowest BCUT2D eigenvalue weighted by Gasteiger charge is -2.31. The smallest absolute Gasteiger partial charge is 0.291 e. The molecule has 0 bridgehead atoms. The van der Waals surface area contributed by atoms with Crippen LogP contribution in [-0.4, -0.2) is 83.0 Å².